The monoisotopic (exact) mass is 327 g/mol. The van der Waals surface area contributed by atoms with Crippen molar-refractivity contribution in [3.05, 3.63) is 0 Å². The SMILES string of the molecule is CNC1CCN(S(=O)(=O)N2CC(C)OC(C)C2)CC1.Cl. The zero-order valence-electron chi connectivity index (χ0n) is 12.4. The highest BCUT2D eigenvalue weighted by Crippen LogP contribution is 2.20. The van der Waals surface area contributed by atoms with Crippen molar-refractivity contribution in [1.82, 2.24) is 13.9 Å². The molecule has 8 heteroatoms. The number of piperidine rings is 1. The summed E-state index contributed by atoms with van der Waals surface area (Å²) in [7, 11) is -1.39. The molecule has 120 valence electrons. The maximum absolute atomic E-state index is 12.6. The van der Waals surface area contributed by atoms with Crippen molar-refractivity contribution in [2.45, 2.75) is 44.9 Å². The van der Waals surface area contributed by atoms with Crippen LogP contribution in [0.3, 0.4) is 0 Å². The van der Waals surface area contributed by atoms with Gasteiger partial charge in [-0.05, 0) is 33.7 Å². The van der Waals surface area contributed by atoms with E-state index in [0.29, 0.717) is 32.2 Å². The molecule has 1 N–H and O–H groups in total. The molecule has 2 rings (SSSR count). The van der Waals surface area contributed by atoms with Crippen molar-refractivity contribution in [1.29, 1.82) is 0 Å². The van der Waals surface area contributed by atoms with Crippen LogP contribution in [-0.4, -0.2) is 68.5 Å². The van der Waals surface area contributed by atoms with Gasteiger partial charge >= 0.3 is 0 Å². The molecule has 0 amide bonds. The highest BCUT2D eigenvalue weighted by Gasteiger charge is 2.36. The van der Waals surface area contributed by atoms with Gasteiger partial charge in [0.2, 0.25) is 0 Å². The number of nitrogens with zero attached hydrogens (tertiary/aromatic N) is 2. The lowest BCUT2D eigenvalue weighted by molar-refractivity contribution is -0.0456. The lowest BCUT2D eigenvalue weighted by Gasteiger charge is -2.39. The molecule has 2 saturated heterocycles. The Morgan fingerprint density at radius 3 is 2.00 bits per heavy atom. The van der Waals surface area contributed by atoms with Crippen LogP contribution >= 0.6 is 12.4 Å². The van der Waals surface area contributed by atoms with Crippen LogP contribution in [0.4, 0.5) is 0 Å². The van der Waals surface area contributed by atoms with Crippen LogP contribution < -0.4 is 5.32 Å². The van der Waals surface area contributed by atoms with Crippen LogP contribution in [0, 0.1) is 0 Å². The van der Waals surface area contributed by atoms with Gasteiger partial charge in [0.05, 0.1) is 12.2 Å². The van der Waals surface area contributed by atoms with E-state index in [1.54, 1.807) is 8.61 Å². The number of hydrogen-bond donors (Lipinski definition) is 1. The van der Waals surface area contributed by atoms with Gasteiger partial charge in [0, 0.05) is 32.2 Å². The Morgan fingerprint density at radius 1 is 1.05 bits per heavy atom. The second-order valence-corrected chi connectivity index (χ2v) is 7.47. The van der Waals surface area contributed by atoms with Gasteiger partial charge < -0.3 is 10.1 Å². The van der Waals surface area contributed by atoms with Gasteiger partial charge in [0.1, 0.15) is 0 Å². The normalized spacial score (nSPS) is 30.9. The summed E-state index contributed by atoms with van der Waals surface area (Å²) in [6.45, 7) is 5.97. The fourth-order valence-corrected chi connectivity index (χ4v) is 4.65. The average Bonchev–Trinajstić information content (AvgIpc) is 2.37. The van der Waals surface area contributed by atoms with Crippen molar-refractivity contribution in [2.24, 2.45) is 0 Å². The zero-order chi connectivity index (χ0) is 14.0. The fourth-order valence-electron chi connectivity index (χ4n) is 2.86. The van der Waals surface area contributed by atoms with Gasteiger partial charge in [0.25, 0.3) is 10.2 Å². The minimum absolute atomic E-state index is 0. The Kier molecular flexibility index (Phi) is 6.69. The van der Waals surface area contributed by atoms with Gasteiger partial charge in [-0.3, -0.25) is 0 Å². The maximum Gasteiger partial charge on any atom is 0.282 e. The van der Waals surface area contributed by atoms with Gasteiger partial charge in [-0.15, -0.1) is 12.4 Å². The molecular formula is C12H26ClN3O3S. The topological polar surface area (TPSA) is 61.9 Å². The van der Waals surface area contributed by atoms with E-state index in [-0.39, 0.29) is 24.6 Å². The second-order valence-electron chi connectivity index (χ2n) is 5.54. The number of halogens is 1. The highest BCUT2D eigenvalue weighted by atomic mass is 35.5. The van der Waals surface area contributed by atoms with E-state index < -0.39 is 10.2 Å². The van der Waals surface area contributed by atoms with Gasteiger partial charge in [-0.1, -0.05) is 0 Å². The van der Waals surface area contributed by atoms with Crippen molar-refractivity contribution in [3.63, 3.8) is 0 Å². The van der Waals surface area contributed by atoms with Crippen molar-refractivity contribution in [3.8, 4) is 0 Å². The minimum atomic E-state index is -3.32. The van der Waals surface area contributed by atoms with Crippen molar-refractivity contribution in [2.75, 3.05) is 33.2 Å². The molecule has 0 bridgehead atoms. The van der Waals surface area contributed by atoms with E-state index in [4.69, 9.17) is 4.74 Å². The van der Waals surface area contributed by atoms with E-state index in [1.165, 1.54) is 0 Å². The van der Waals surface area contributed by atoms with Gasteiger partial charge in [-0.25, -0.2) is 0 Å². The number of hydrogen-bond acceptors (Lipinski definition) is 4. The number of morpholine rings is 1. The molecule has 20 heavy (non-hydrogen) atoms. The summed E-state index contributed by atoms with van der Waals surface area (Å²) < 4.78 is 34.0. The molecule has 0 saturated carbocycles. The fraction of sp³-hybridized carbons (Fsp3) is 1.00. The van der Waals surface area contributed by atoms with E-state index in [9.17, 15) is 8.42 Å². The van der Waals surface area contributed by atoms with Crippen molar-refractivity contribution >= 4 is 22.6 Å². The minimum Gasteiger partial charge on any atom is -0.373 e. The maximum atomic E-state index is 12.6. The first-order chi connectivity index (χ1) is 8.93. The largest absolute Gasteiger partial charge is 0.373 e. The molecule has 0 aromatic heterocycles. The molecule has 2 fully saturated rings. The Morgan fingerprint density at radius 2 is 1.55 bits per heavy atom. The molecule has 0 aromatic rings. The first kappa shape index (κ1) is 18.1. The Bertz CT molecular complexity index is 389. The van der Waals surface area contributed by atoms with E-state index >= 15 is 0 Å². The predicted octanol–water partition coefficient (Wildman–Crippen LogP) is 0.446. The summed E-state index contributed by atoms with van der Waals surface area (Å²) in [5, 5.41) is 3.21. The molecule has 0 aromatic carbocycles. The standard InChI is InChI=1S/C12H25N3O3S.ClH/c1-10-8-15(9-11(2)18-10)19(16,17)14-6-4-12(13-3)5-7-14;/h10-13H,4-9H2,1-3H3;1H. The first-order valence-corrected chi connectivity index (χ1v) is 8.41. The number of nitrogens with one attached hydrogen (secondary N) is 1. The lowest BCUT2D eigenvalue weighted by Crippen LogP contribution is -2.55. The summed E-state index contributed by atoms with van der Waals surface area (Å²) in [6.07, 6.45) is 1.69. The Balaban J connectivity index is 0.00000200. The summed E-state index contributed by atoms with van der Waals surface area (Å²) in [5.41, 5.74) is 0. The smallest absolute Gasteiger partial charge is 0.282 e. The number of rotatable bonds is 3. The van der Waals surface area contributed by atoms with Gasteiger partial charge in [-0.2, -0.15) is 17.0 Å². The van der Waals surface area contributed by atoms with Crippen LogP contribution in [0.2, 0.25) is 0 Å². The molecule has 2 aliphatic heterocycles. The molecule has 2 atom stereocenters. The third-order valence-electron chi connectivity index (χ3n) is 3.90. The third-order valence-corrected chi connectivity index (χ3v) is 5.87. The van der Waals surface area contributed by atoms with Crippen LogP contribution in [-0.2, 0) is 14.9 Å². The lowest BCUT2D eigenvalue weighted by atomic mass is 10.1. The van der Waals surface area contributed by atoms with Crippen molar-refractivity contribution < 1.29 is 13.2 Å². The molecule has 2 unspecified atom stereocenters. The average molecular weight is 328 g/mol. The van der Waals surface area contributed by atoms with Crippen LogP contribution in [0.15, 0.2) is 0 Å². The third kappa shape index (κ3) is 4.05. The summed E-state index contributed by atoms with van der Waals surface area (Å²) in [4.78, 5) is 0. The molecule has 0 spiro atoms. The van der Waals surface area contributed by atoms with Gasteiger partial charge in [0.15, 0.2) is 0 Å². The summed E-state index contributed by atoms with van der Waals surface area (Å²) in [5.74, 6) is 0. The highest BCUT2D eigenvalue weighted by molar-refractivity contribution is 7.86. The van der Waals surface area contributed by atoms with E-state index in [2.05, 4.69) is 5.32 Å². The quantitative estimate of drug-likeness (QED) is 0.817. The zero-order valence-corrected chi connectivity index (χ0v) is 14.0. The molecule has 2 aliphatic rings. The summed E-state index contributed by atoms with van der Waals surface area (Å²) >= 11 is 0. The van der Waals surface area contributed by atoms with Crippen LogP contribution in [0.5, 0.6) is 0 Å². The van der Waals surface area contributed by atoms with E-state index in [0.717, 1.165) is 12.8 Å². The molecular weight excluding hydrogens is 302 g/mol. The Labute approximate surface area is 128 Å². The summed E-state index contributed by atoms with van der Waals surface area (Å²) in [6, 6.07) is 0.439. The van der Waals surface area contributed by atoms with Crippen LogP contribution in [0.25, 0.3) is 0 Å². The Hall–Kier alpha value is 0.0800. The molecule has 2 heterocycles. The number of ether oxygens (including phenoxy) is 1. The van der Waals surface area contributed by atoms with E-state index in [1.807, 2.05) is 20.9 Å². The van der Waals surface area contributed by atoms with Crippen LogP contribution in [0.1, 0.15) is 26.7 Å². The first-order valence-electron chi connectivity index (χ1n) is 7.01. The molecule has 0 radical (unpaired) electrons. The predicted molar refractivity (Wildman–Crippen MR) is 81.4 cm³/mol. The molecule has 6 nitrogen and oxygen atoms in total. The second kappa shape index (κ2) is 7.38. The molecule has 0 aliphatic carbocycles.